The van der Waals surface area contributed by atoms with Crippen molar-refractivity contribution in [3.63, 3.8) is 0 Å². The van der Waals surface area contributed by atoms with E-state index in [1.165, 1.54) is 18.4 Å². The largest absolute Gasteiger partial charge is 0.466 e. The van der Waals surface area contributed by atoms with Gasteiger partial charge in [0.25, 0.3) is 0 Å². The SMILES string of the molecule is CCOC(=O)C/C=C(\c1ccoc1C(=O)OCC)P(=O)(OCC)OCC. The van der Waals surface area contributed by atoms with Crippen molar-refractivity contribution in [3.05, 3.63) is 29.7 Å². The maximum atomic E-state index is 13.3. The minimum absolute atomic E-state index is 0.0612. The summed E-state index contributed by atoms with van der Waals surface area (Å²) in [5.74, 6) is -1.36. The molecular formula is C17H25O8P. The topological polar surface area (TPSA) is 101 Å². The van der Waals surface area contributed by atoms with Crippen molar-refractivity contribution in [1.29, 1.82) is 0 Å². The molecule has 0 spiro atoms. The summed E-state index contributed by atoms with van der Waals surface area (Å²) >= 11 is 0. The Hall–Kier alpha value is -1.89. The van der Waals surface area contributed by atoms with E-state index in [9.17, 15) is 14.2 Å². The fourth-order valence-corrected chi connectivity index (χ4v) is 3.97. The Labute approximate surface area is 153 Å². The van der Waals surface area contributed by atoms with E-state index in [-0.39, 0.29) is 49.5 Å². The van der Waals surface area contributed by atoms with Crippen LogP contribution < -0.4 is 0 Å². The molecule has 0 N–H and O–H groups in total. The molecule has 0 atom stereocenters. The Morgan fingerprint density at radius 1 is 1.04 bits per heavy atom. The van der Waals surface area contributed by atoms with Crippen LogP contribution in [-0.2, 0) is 27.9 Å². The summed E-state index contributed by atoms with van der Waals surface area (Å²) in [5, 5.41) is 0.0612. The van der Waals surface area contributed by atoms with E-state index >= 15 is 0 Å². The molecule has 0 aromatic carbocycles. The number of carbonyl (C=O) groups excluding carboxylic acids is 2. The standard InChI is InChI=1S/C17H25O8P/c1-5-21-15(18)10-9-14(26(20,24-7-3)25-8-4)13-11-12-23-16(13)17(19)22-6-2/h9,11-12H,5-8,10H2,1-4H3/b14-9+. The molecule has 0 unspecified atom stereocenters. The third-order valence-corrected chi connectivity index (χ3v) is 5.27. The highest BCUT2D eigenvalue weighted by atomic mass is 31.2. The van der Waals surface area contributed by atoms with E-state index in [0.717, 1.165) is 0 Å². The Balaban J connectivity index is 3.39. The molecule has 0 aliphatic carbocycles. The van der Waals surface area contributed by atoms with Gasteiger partial charge in [-0.25, -0.2) is 4.79 Å². The van der Waals surface area contributed by atoms with Gasteiger partial charge in [0, 0.05) is 5.56 Å². The van der Waals surface area contributed by atoms with Crippen LogP contribution in [0.5, 0.6) is 0 Å². The van der Waals surface area contributed by atoms with Crippen LogP contribution in [0.4, 0.5) is 0 Å². The molecule has 0 saturated heterocycles. The van der Waals surface area contributed by atoms with E-state index in [4.69, 9.17) is 22.9 Å². The van der Waals surface area contributed by atoms with E-state index in [0.29, 0.717) is 0 Å². The van der Waals surface area contributed by atoms with Gasteiger partial charge in [-0.2, -0.15) is 0 Å². The monoisotopic (exact) mass is 388 g/mol. The van der Waals surface area contributed by atoms with Gasteiger partial charge >= 0.3 is 19.5 Å². The summed E-state index contributed by atoms with van der Waals surface area (Å²) in [4.78, 5) is 23.8. The molecule has 1 aromatic heterocycles. The highest BCUT2D eigenvalue weighted by molar-refractivity contribution is 7.65. The Morgan fingerprint density at radius 2 is 1.65 bits per heavy atom. The Bertz CT molecular complexity index is 666. The van der Waals surface area contributed by atoms with Crippen LogP contribution in [0.3, 0.4) is 0 Å². The highest BCUT2D eigenvalue weighted by Crippen LogP contribution is 2.61. The minimum Gasteiger partial charge on any atom is -0.466 e. The molecule has 0 saturated carbocycles. The van der Waals surface area contributed by atoms with Crippen LogP contribution in [0.25, 0.3) is 5.31 Å². The summed E-state index contributed by atoms with van der Waals surface area (Å²) in [6.45, 7) is 7.26. The maximum absolute atomic E-state index is 13.3. The van der Waals surface area contributed by atoms with E-state index in [2.05, 4.69) is 0 Å². The lowest BCUT2D eigenvalue weighted by Crippen LogP contribution is -2.08. The molecule has 146 valence electrons. The lowest BCUT2D eigenvalue weighted by molar-refractivity contribution is -0.142. The lowest BCUT2D eigenvalue weighted by Gasteiger charge is -2.20. The van der Waals surface area contributed by atoms with Crippen LogP contribution in [0.15, 0.2) is 22.8 Å². The van der Waals surface area contributed by atoms with Gasteiger partial charge in [-0.1, -0.05) is 6.08 Å². The van der Waals surface area contributed by atoms with Crippen LogP contribution in [0.2, 0.25) is 0 Å². The van der Waals surface area contributed by atoms with Gasteiger partial charge in [-0.15, -0.1) is 0 Å². The number of carbonyl (C=O) groups is 2. The summed E-state index contributed by atoms with van der Waals surface area (Å²) < 4.78 is 39.0. The van der Waals surface area contributed by atoms with Gasteiger partial charge < -0.3 is 22.9 Å². The van der Waals surface area contributed by atoms with Crippen molar-refractivity contribution >= 4 is 24.8 Å². The average molecular weight is 388 g/mol. The molecule has 0 radical (unpaired) electrons. The zero-order valence-electron chi connectivity index (χ0n) is 15.5. The molecule has 26 heavy (non-hydrogen) atoms. The molecule has 8 nitrogen and oxygen atoms in total. The van der Waals surface area contributed by atoms with Crippen LogP contribution in [0.1, 0.15) is 50.2 Å². The van der Waals surface area contributed by atoms with Crippen LogP contribution in [-0.4, -0.2) is 38.4 Å². The fourth-order valence-electron chi connectivity index (χ4n) is 2.15. The normalized spacial score (nSPS) is 12.1. The third-order valence-electron chi connectivity index (χ3n) is 3.06. The summed E-state index contributed by atoms with van der Waals surface area (Å²) in [6, 6.07) is 1.45. The quantitative estimate of drug-likeness (QED) is 0.414. The van der Waals surface area contributed by atoms with Crippen LogP contribution in [0, 0.1) is 0 Å². The number of hydrogen-bond donors (Lipinski definition) is 0. The second-order valence-electron chi connectivity index (χ2n) is 4.82. The van der Waals surface area contributed by atoms with E-state index in [1.807, 2.05) is 0 Å². The van der Waals surface area contributed by atoms with E-state index in [1.54, 1.807) is 27.7 Å². The van der Waals surface area contributed by atoms with Crippen molar-refractivity contribution in [2.75, 3.05) is 26.4 Å². The van der Waals surface area contributed by atoms with Gasteiger partial charge in [0.2, 0.25) is 5.76 Å². The first-order valence-electron chi connectivity index (χ1n) is 8.43. The predicted molar refractivity (Wildman–Crippen MR) is 94.8 cm³/mol. The van der Waals surface area contributed by atoms with Crippen molar-refractivity contribution in [2.45, 2.75) is 34.1 Å². The number of rotatable bonds is 11. The first-order valence-corrected chi connectivity index (χ1v) is 9.98. The Morgan fingerprint density at radius 3 is 2.19 bits per heavy atom. The van der Waals surface area contributed by atoms with Crippen molar-refractivity contribution in [2.24, 2.45) is 0 Å². The number of ether oxygens (including phenoxy) is 2. The molecule has 0 aliphatic rings. The van der Waals surface area contributed by atoms with Crippen molar-refractivity contribution < 1.29 is 37.1 Å². The number of hydrogen-bond acceptors (Lipinski definition) is 8. The molecule has 0 fully saturated rings. The van der Waals surface area contributed by atoms with Crippen LogP contribution >= 0.6 is 7.60 Å². The van der Waals surface area contributed by atoms with Crippen molar-refractivity contribution in [3.8, 4) is 0 Å². The summed E-state index contributed by atoms with van der Waals surface area (Å²) in [5.41, 5.74) is 0.193. The molecule has 1 rings (SSSR count). The third kappa shape index (κ3) is 5.83. The molecule has 1 heterocycles. The first kappa shape index (κ1) is 22.2. The fraction of sp³-hybridized carbons (Fsp3) is 0.529. The summed E-state index contributed by atoms with van der Waals surface area (Å²) in [6.07, 6.45) is 2.47. The van der Waals surface area contributed by atoms with Gasteiger partial charge in [0.05, 0.1) is 44.4 Å². The molecule has 0 amide bonds. The average Bonchev–Trinajstić information content (AvgIpc) is 3.05. The molecule has 0 aliphatic heterocycles. The minimum atomic E-state index is -3.79. The molecular weight excluding hydrogens is 363 g/mol. The van der Waals surface area contributed by atoms with Gasteiger partial charge in [0.15, 0.2) is 0 Å². The predicted octanol–water partition coefficient (Wildman–Crippen LogP) is 4.02. The zero-order chi connectivity index (χ0) is 19.6. The number of furan rings is 1. The lowest BCUT2D eigenvalue weighted by atomic mass is 10.2. The second kappa shape index (κ2) is 11.0. The molecule has 0 bridgehead atoms. The summed E-state index contributed by atoms with van der Waals surface area (Å²) in [7, 11) is -3.79. The molecule has 1 aromatic rings. The highest BCUT2D eigenvalue weighted by Gasteiger charge is 2.35. The maximum Gasteiger partial charge on any atom is 0.374 e. The smallest absolute Gasteiger partial charge is 0.374 e. The van der Waals surface area contributed by atoms with Gasteiger partial charge in [-0.05, 0) is 33.8 Å². The zero-order valence-corrected chi connectivity index (χ0v) is 16.4. The van der Waals surface area contributed by atoms with Crippen molar-refractivity contribution in [1.82, 2.24) is 0 Å². The second-order valence-corrected chi connectivity index (χ2v) is 6.81. The first-order chi connectivity index (χ1) is 12.4. The number of esters is 2. The van der Waals surface area contributed by atoms with Gasteiger partial charge in [-0.3, -0.25) is 9.36 Å². The molecule has 9 heteroatoms. The Kier molecular flexibility index (Phi) is 9.34. The van der Waals surface area contributed by atoms with Gasteiger partial charge in [0.1, 0.15) is 0 Å². The van der Waals surface area contributed by atoms with E-state index < -0.39 is 19.5 Å².